The molecular formula is C25H25Cl2Ti. The van der Waals surface area contributed by atoms with Crippen molar-refractivity contribution in [1.82, 2.24) is 0 Å². The summed E-state index contributed by atoms with van der Waals surface area (Å²) in [5, 5.41) is 5.62. The molecule has 0 amide bonds. The van der Waals surface area contributed by atoms with E-state index in [1.54, 1.807) is 11.1 Å². The minimum atomic E-state index is 0. The van der Waals surface area contributed by atoms with E-state index in [9.17, 15) is 0 Å². The summed E-state index contributed by atoms with van der Waals surface area (Å²) in [7, 11) is 0. The van der Waals surface area contributed by atoms with Gasteiger partial charge >= 0.3 is 168 Å². The van der Waals surface area contributed by atoms with Crippen LogP contribution in [-0.2, 0) is 20.4 Å². The molecule has 0 heterocycles. The Kier molecular flexibility index (Phi) is 8.00. The molecule has 0 saturated heterocycles. The second-order valence-corrected chi connectivity index (χ2v) is 8.33. The zero-order valence-electron chi connectivity index (χ0n) is 16.7. The van der Waals surface area contributed by atoms with Crippen LogP contribution in [0.5, 0.6) is 0 Å². The van der Waals surface area contributed by atoms with Crippen molar-refractivity contribution in [3.05, 3.63) is 86.1 Å². The maximum Gasteiger partial charge on any atom is -1.00 e. The van der Waals surface area contributed by atoms with Crippen molar-refractivity contribution >= 4 is 15.0 Å². The van der Waals surface area contributed by atoms with Gasteiger partial charge in [0.1, 0.15) is 0 Å². The molecule has 143 valence electrons. The van der Waals surface area contributed by atoms with Crippen LogP contribution in [0.25, 0.3) is 15.0 Å². The molecule has 0 bridgehead atoms. The first-order valence-corrected chi connectivity index (χ1v) is 10.5. The average Bonchev–Trinajstić information content (AvgIpc) is 3.23. The molecule has 28 heavy (non-hydrogen) atoms. The molecular weight excluding hydrogens is 419 g/mol. The van der Waals surface area contributed by atoms with Gasteiger partial charge in [0.25, 0.3) is 0 Å². The van der Waals surface area contributed by atoms with Crippen LogP contribution in [0, 0.1) is 10.4 Å². The summed E-state index contributed by atoms with van der Waals surface area (Å²) in [6.45, 7) is 6.78. The Morgan fingerprint density at radius 3 is 2.32 bits per heavy atom. The van der Waals surface area contributed by atoms with Gasteiger partial charge in [0, 0.05) is 0 Å². The molecule has 0 N–H and O–H groups in total. The molecule has 2 aliphatic carbocycles. The summed E-state index contributed by atoms with van der Waals surface area (Å²) in [4.78, 5) is 0. The van der Waals surface area contributed by atoms with Gasteiger partial charge in [-0.05, 0) is 0 Å². The number of hydrogen-bond acceptors (Lipinski definition) is 0. The molecule has 2 aromatic carbocycles. The second kappa shape index (κ2) is 9.64. The van der Waals surface area contributed by atoms with E-state index < -0.39 is 0 Å². The topological polar surface area (TPSA) is 0 Å². The summed E-state index contributed by atoms with van der Waals surface area (Å²) in [6.07, 6.45) is 9.51. The van der Waals surface area contributed by atoms with Crippen LogP contribution in [0.2, 0.25) is 0 Å². The van der Waals surface area contributed by atoms with E-state index in [2.05, 4.69) is 89.8 Å². The van der Waals surface area contributed by atoms with Crippen molar-refractivity contribution in [3.8, 4) is 0 Å². The van der Waals surface area contributed by atoms with E-state index in [1.165, 1.54) is 60.7 Å². The Morgan fingerprint density at radius 2 is 1.64 bits per heavy atom. The fourth-order valence-electron chi connectivity index (χ4n) is 4.30. The first-order valence-electron chi connectivity index (χ1n) is 9.68. The first kappa shape index (κ1) is 23.2. The van der Waals surface area contributed by atoms with Crippen molar-refractivity contribution < 1.29 is 45.2 Å². The van der Waals surface area contributed by atoms with Crippen LogP contribution in [0.15, 0.2) is 54.1 Å². The Labute approximate surface area is 192 Å². The van der Waals surface area contributed by atoms with Crippen molar-refractivity contribution in [2.24, 2.45) is 0 Å². The summed E-state index contributed by atoms with van der Waals surface area (Å²) >= 11 is 2.30. The summed E-state index contributed by atoms with van der Waals surface area (Å²) in [5.74, 6) is 0. The number of unbranched alkanes of at least 4 members (excludes halogenated alkanes) is 1. The van der Waals surface area contributed by atoms with Crippen LogP contribution in [0.3, 0.4) is 0 Å². The van der Waals surface area contributed by atoms with Gasteiger partial charge in [-0.15, -0.1) is 0 Å². The third-order valence-electron chi connectivity index (χ3n) is 5.61. The minimum absolute atomic E-state index is 0. The van der Waals surface area contributed by atoms with E-state index in [0.29, 0.717) is 0 Å². The van der Waals surface area contributed by atoms with Crippen LogP contribution in [0.1, 0.15) is 57.6 Å². The largest absolute Gasteiger partial charge is 1.00 e. The zero-order valence-corrected chi connectivity index (χ0v) is 19.8. The molecule has 0 aliphatic heterocycles. The number of hydrogen-bond donors (Lipinski definition) is 0. The summed E-state index contributed by atoms with van der Waals surface area (Å²) in [5.41, 5.74) is 7.47. The van der Waals surface area contributed by atoms with E-state index in [4.69, 9.17) is 0 Å². The molecule has 0 atom stereocenters. The van der Waals surface area contributed by atoms with Gasteiger partial charge in [-0.1, -0.05) is 0 Å². The normalized spacial score (nSPS) is 13.8. The summed E-state index contributed by atoms with van der Waals surface area (Å²) in [6, 6.07) is 13.6. The van der Waals surface area contributed by atoms with Crippen LogP contribution in [0.4, 0.5) is 0 Å². The number of fused-ring (bicyclic) bond motifs is 2. The molecule has 0 nitrogen and oxygen atoms in total. The Bertz CT molecular complexity index is 1170. The second-order valence-electron chi connectivity index (χ2n) is 7.55. The quantitative estimate of drug-likeness (QED) is 0.537. The maximum atomic E-state index is 2.37. The number of halogens is 2. The molecule has 2 aliphatic rings. The van der Waals surface area contributed by atoms with Crippen LogP contribution < -0.4 is 35.3 Å². The van der Waals surface area contributed by atoms with Gasteiger partial charge in [-0.3, -0.25) is 0 Å². The van der Waals surface area contributed by atoms with Gasteiger partial charge < -0.3 is 24.8 Å². The number of allylic oxidation sites excluding steroid dienone is 4. The standard InChI is InChI=1S/C25H25.2ClH.Ti/c1-4-5-9-18-11-8-13-22(18)25-20(17(2)3)14-15-23-21-12-7-6-10-19(21)16-24(23)25;;;/h6-8,10-12,14-15H,4-5,9,13H2,1-3H3;2*1H;/q;;;+2/p-2. The average molecular weight is 444 g/mol. The van der Waals surface area contributed by atoms with Crippen molar-refractivity contribution in [1.29, 1.82) is 0 Å². The van der Waals surface area contributed by atoms with Crippen molar-refractivity contribution in [2.45, 2.75) is 46.5 Å². The van der Waals surface area contributed by atoms with Crippen molar-refractivity contribution in [3.63, 3.8) is 0 Å². The summed E-state index contributed by atoms with van der Waals surface area (Å²) < 4.78 is 1.43. The molecule has 3 heteroatoms. The third-order valence-corrected chi connectivity index (χ3v) is 6.42. The van der Waals surface area contributed by atoms with Gasteiger partial charge in [0.2, 0.25) is 0 Å². The number of rotatable bonds is 4. The molecule has 0 radical (unpaired) electrons. The number of benzene rings is 2. The smallest absolute Gasteiger partial charge is 1.00 e. The Morgan fingerprint density at radius 1 is 0.929 bits per heavy atom. The molecule has 0 fully saturated rings. The first-order chi connectivity index (χ1) is 12.6. The molecule has 2 aromatic rings. The molecule has 4 rings (SSSR count). The van der Waals surface area contributed by atoms with Crippen LogP contribution >= 0.6 is 0 Å². The predicted octanol–water partition coefficient (Wildman–Crippen LogP) is -0.908. The monoisotopic (exact) mass is 443 g/mol. The van der Waals surface area contributed by atoms with E-state index >= 15 is 0 Å². The van der Waals surface area contributed by atoms with Gasteiger partial charge in [0.05, 0.1) is 0 Å². The van der Waals surface area contributed by atoms with Crippen molar-refractivity contribution in [2.75, 3.05) is 0 Å². The fourth-order valence-corrected chi connectivity index (χ4v) is 5.05. The molecule has 0 unspecified atom stereocenters. The van der Waals surface area contributed by atoms with E-state index in [-0.39, 0.29) is 24.8 Å². The molecule has 0 spiro atoms. The minimum Gasteiger partial charge on any atom is -1.00 e. The van der Waals surface area contributed by atoms with Gasteiger partial charge in [0.15, 0.2) is 0 Å². The third kappa shape index (κ3) is 3.85. The van der Waals surface area contributed by atoms with Crippen LogP contribution in [-0.4, -0.2) is 0 Å². The maximum absolute atomic E-state index is 2.37. The van der Waals surface area contributed by atoms with Gasteiger partial charge in [-0.2, -0.15) is 0 Å². The van der Waals surface area contributed by atoms with Gasteiger partial charge in [-0.25, -0.2) is 0 Å². The molecule has 0 saturated carbocycles. The zero-order chi connectivity index (χ0) is 18.3. The predicted molar refractivity (Wildman–Crippen MR) is 107 cm³/mol. The SMILES string of the molecule is CCCCC1=C(c2c3c(ccc2=C(C)C)=c2ccccc2=[C]3[Ti+2])CC=C1.[Cl-].[Cl-]. The Hall–Kier alpha value is -1.05. The van der Waals surface area contributed by atoms with E-state index in [0.717, 1.165) is 6.42 Å². The Balaban J connectivity index is 0.00000140. The molecule has 0 aromatic heterocycles. The van der Waals surface area contributed by atoms with E-state index in [1.807, 2.05) is 0 Å². The fraction of sp³-hybridized carbons (Fsp3) is 0.280.